The molecule has 1 aromatic carbocycles. The Hall–Kier alpha value is -2.07. The van der Waals surface area contributed by atoms with Gasteiger partial charge in [0.2, 0.25) is 0 Å². The summed E-state index contributed by atoms with van der Waals surface area (Å²) in [6, 6.07) is 3.69. The van der Waals surface area contributed by atoms with Crippen LogP contribution in [0.15, 0.2) is 12.1 Å². The number of hydrogen-bond donors (Lipinski definition) is 0. The first-order valence-corrected chi connectivity index (χ1v) is 11.2. The Morgan fingerprint density at radius 1 is 1.17 bits per heavy atom. The van der Waals surface area contributed by atoms with Gasteiger partial charge in [-0.05, 0) is 31.5 Å². The zero-order valence-corrected chi connectivity index (χ0v) is 20.4. The van der Waals surface area contributed by atoms with Crippen LogP contribution in [-0.2, 0) is 32.3 Å². The van der Waals surface area contributed by atoms with Crippen LogP contribution in [-0.4, -0.2) is 40.5 Å². The van der Waals surface area contributed by atoms with Gasteiger partial charge in [-0.15, -0.1) is 0 Å². The van der Waals surface area contributed by atoms with Crippen LogP contribution in [0.5, 0.6) is 0 Å². The number of methoxy groups -OCH3 is 2. The minimum Gasteiger partial charge on any atom is -0.469 e. The number of fused-ring (bicyclic) bond motifs is 1. The molecule has 2 heterocycles. The van der Waals surface area contributed by atoms with Crippen molar-refractivity contribution in [3.05, 3.63) is 39.8 Å². The number of aromatic nitrogens is 3. The summed E-state index contributed by atoms with van der Waals surface area (Å²) in [5, 5.41) is 6.06. The van der Waals surface area contributed by atoms with Crippen molar-refractivity contribution in [3.63, 3.8) is 0 Å². The highest BCUT2D eigenvalue weighted by Crippen LogP contribution is 2.42. The van der Waals surface area contributed by atoms with Gasteiger partial charge in [0, 0.05) is 50.8 Å². The van der Waals surface area contributed by atoms with E-state index in [1.807, 2.05) is 42.3 Å². The molecule has 0 aliphatic rings. The molecule has 0 bridgehead atoms. The summed E-state index contributed by atoms with van der Waals surface area (Å²) < 4.78 is 14.2. The van der Waals surface area contributed by atoms with Gasteiger partial charge in [-0.1, -0.05) is 34.2 Å². The molecule has 0 atom stereocenters. The molecule has 0 N–H and O–H groups in total. The van der Waals surface area contributed by atoms with Gasteiger partial charge in [0.1, 0.15) is 5.69 Å². The molecule has 7 nitrogen and oxygen atoms in total. The van der Waals surface area contributed by atoms with E-state index in [-0.39, 0.29) is 18.9 Å². The van der Waals surface area contributed by atoms with Crippen LogP contribution in [0.3, 0.4) is 0 Å². The fraction of sp³-hybridized carbons (Fsp3) is 0.381. The van der Waals surface area contributed by atoms with Gasteiger partial charge in [-0.25, -0.2) is 4.79 Å². The Morgan fingerprint density at radius 3 is 2.47 bits per heavy atom. The number of esters is 2. The molecule has 0 unspecified atom stereocenters. The fourth-order valence-electron chi connectivity index (χ4n) is 3.85. The van der Waals surface area contributed by atoms with Gasteiger partial charge >= 0.3 is 11.9 Å². The minimum atomic E-state index is -0.465. The maximum atomic E-state index is 12.7. The highest BCUT2D eigenvalue weighted by Gasteiger charge is 2.27. The molecule has 0 saturated heterocycles. The van der Waals surface area contributed by atoms with Crippen LogP contribution in [0, 0.1) is 13.8 Å². The molecule has 3 aromatic rings. The lowest BCUT2D eigenvalue weighted by molar-refractivity contribution is -0.140. The number of rotatable bonds is 6. The van der Waals surface area contributed by atoms with Crippen molar-refractivity contribution in [2.45, 2.75) is 31.2 Å². The van der Waals surface area contributed by atoms with Gasteiger partial charge in [0.05, 0.1) is 26.3 Å². The van der Waals surface area contributed by atoms with E-state index in [1.54, 1.807) is 0 Å². The van der Waals surface area contributed by atoms with Crippen molar-refractivity contribution >= 4 is 57.0 Å². The zero-order valence-electron chi connectivity index (χ0n) is 17.5. The molecule has 0 radical (unpaired) electrons. The first-order chi connectivity index (χ1) is 14.3. The van der Waals surface area contributed by atoms with E-state index in [0.29, 0.717) is 15.1 Å². The molecule has 30 heavy (non-hydrogen) atoms. The number of halogens is 2. The average molecular weight is 544 g/mol. The second-order valence-corrected chi connectivity index (χ2v) is 8.09. The van der Waals surface area contributed by atoms with Gasteiger partial charge in [0.15, 0.2) is 0 Å². The number of carbonyl (C=O) groups excluding carboxylic acids is 2. The second kappa shape index (κ2) is 8.97. The van der Waals surface area contributed by atoms with Crippen molar-refractivity contribution in [1.82, 2.24) is 14.3 Å². The fourth-order valence-corrected chi connectivity index (χ4v) is 4.64. The van der Waals surface area contributed by atoms with Crippen LogP contribution >= 0.6 is 34.2 Å². The third kappa shape index (κ3) is 3.71. The first kappa shape index (κ1) is 22.6. The predicted octanol–water partition coefficient (Wildman–Crippen LogP) is 4.60. The SMILES string of the molecule is COC(=O)CCn1c(C(=O)OC)c(C)c2c(-c3c(CI)nn(C)c3C)c(Cl)ccc21. The molecule has 0 aliphatic heterocycles. The largest absolute Gasteiger partial charge is 0.469 e. The molecule has 0 aliphatic carbocycles. The summed E-state index contributed by atoms with van der Waals surface area (Å²) >= 11 is 8.99. The summed E-state index contributed by atoms with van der Waals surface area (Å²) in [4.78, 5) is 24.4. The lowest BCUT2D eigenvalue weighted by atomic mass is 9.97. The van der Waals surface area contributed by atoms with Crippen molar-refractivity contribution in [1.29, 1.82) is 0 Å². The van der Waals surface area contributed by atoms with Crippen molar-refractivity contribution in [2.24, 2.45) is 7.05 Å². The summed E-state index contributed by atoms with van der Waals surface area (Å²) in [6.07, 6.45) is 0.132. The maximum Gasteiger partial charge on any atom is 0.354 e. The summed E-state index contributed by atoms with van der Waals surface area (Å²) in [5.41, 5.74) is 5.67. The number of aryl methyl sites for hydroxylation is 3. The Bertz CT molecular complexity index is 1150. The van der Waals surface area contributed by atoms with Crippen LogP contribution in [0.25, 0.3) is 22.0 Å². The quantitative estimate of drug-likeness (QED) is 0.258. The summed E-state index contributed by atoms with van der Waals surface area (Å²) in [5.74, 6) is -0.817. The lowest BCUT2D eigenvalue weighted by Crippen LogP contribution is -2.14. The molecule has 0 spiro atoms. The molecule has 9 heteroatoms. The standard InChI is InChI=1S/C21H23ClIN3O4/c1-11-17-15(26(9-8-16(27)29-4)20(11)21(28)30-5)7-6-13(22)19(17)18-12(2)25(3)24-14(18)10-23/h6-7H,8-10H2,1-5H3. The van der Waals surface area contributed by atoms with E-state index in [4.69, 9.17) is 21.1 Å². The third-order valence-corrected chi connectivity index (χ3v) is 6.39. The minimum absolute atomic E-state index is 0.132. The molecule has 160 valence electrons. The van der Waals surface area contributed by atoms with Crippen LogP contribution in [0.4, 0.5) is 0 Å². The molecule has 3 rings (SSSR count). The van der Waals surface area contributed by atoms with Crippen LogP contribution in [0.1, 0.15) is 33.9 Å². The van der Waals surface area contributed by atoms with Crippen LogP contribution in [0.2, 0.25) is 5.02 Å². The Labute approximate surface area is 193 Å². The van der Waals surface area contributed by atoms with Crippen molar-refractivity contribution < 1.29 is 19.1 Å². The normalized spacial score (nSPS) is 11.2. The zero-order chi connectivity index (χ0) is 22.2. The van der Waals surface area contributed by atoms with Gasteiger partial charge in [-0.2, -0.15) is 5.10 Å². The van der Waals surface area contributed by atoms with Gasteiger partial charge in [-0.3, -0.25) is 9.48 Å². The number of benzene rings is 1. The van der Waals surface area contributed by atoms with Crippen molar-refractivity contribution in [2.75, 3.05) is 14.2 Å². The van der Waals surface area contributed by atoms with E-state index in [0.717, 1.165) is 39.0 Å². The predicted molar refractivity (Wildman–Crippen MR) is 124 cm³/mol. The van der Waals surface area contributed by atoms with Gasteiger partial charge < -0.3 is 14.0 Å². The molecular formula is C21H23ClIN3O4. The number of ether oxygens (including phenoxy) is 2. The van der Waals surface area contributed by atoms with Crippen LogP contribution < -0.4 is 0 Å². The van der Waals surface area contributed by atoms with Gasteiger partial charge in [0.25, 0.3) is 0 Å². The third-order valence-electron chi connectivity index (χ3n) is 5.35. The molecule has 2 aromatic heterocycles. The lowest BCUT2D eigenvalue weighted by Gasteiger charge is -2.11. The topological polar surface area (TPSA) is 75.3 Å². The summed E-state index contributed by atoms with van der Waals surface area (Å²) in [7, 11) is 4.59. The number of nitrogens with zero attached hydrogens (tertiary/aromatic N) is 3. The highest BCUT2D eigenvalue weighted by atomic mass is 127. The Morgan fingerprint density at radius 2 is 1.87 bits per heavy atom. The van der Waals surface area contributed by atoms with E-state index in [1.165, 1.54) is 14.2 Å². The second-order valence-electron chi connectivity index (χ2n) is 6.92. The number of alkyl halides is 1. The number of carbonyl (C=O) groups is 2. The van der Waals surface area contributed by atoms with E-state index in [9.17, 15) is 9.59 Å². The maximum absolute atomic E-state index is 12.7. The highest BCUT2D eigenvalue weighted by molar-refractivity contribution is 14.1. The summed E-state index contributed by atoms with van der Waals surface area (Å²) in [6.45, 7) is 4.16. The van der Waals surface area contributed by atoms with E-state index in [2.05, 4.69) is 27.7 Å². The smallest absolute Gasteiger partial charge is 0.354 e. The first-order valence-electron chi connectivity index (χ1n) is 9.31. The molecular weight excluding hydrogens is 521 g/mol. The Kier molecular flexibility index (Phi) is 6.76. The van der Waals surface area contributed by atoms with E-state index >= 15 is 0 Å². The number of hydrogen-bond acceptors (Lipinski definition) is 5. The van der Waals surface area contributed by atoms with Crippen molar-refractivity contribution in [3.8, 4) is 11.1 Å². The average Bonchev–Trinajstić information content (AvgIpc) is 3.19. The van der Waals surface area contributed by atoms with E-state index < -0.39 is 5.97 Å². The Balaban J connectivity index is 2.39. The monoisotopic (exact) mass is 543 g/mol. The molecule has 0 amide bonds. The molecule has 0 saturated carbocycles. The molecule has 0 fully saturated rings.